The first-order valence-corrected chi connectivity index (χ1v) is 33.6. The third kappa shape index (κ3) is 59.7. The Morgan fingerprint density at radius 3 is 1.17 bits per heavy atom. The highest BCUT2D eigenvalue weighted by molar-refractivity contribution is 7.47. The predicted molar refractivity (Wildman–Crippen MR) is 327 cm³/mol. The number of allylic oxidation sites excluding steroid dienone is 10. The number of nitrogens with zero attached hydrogens (tertiary/aromatic N) is 1. The van der Waals surface area contributed by atoms with Crippen LogP contribution in [0.3, 0.4) is 0 Å². The molecule has 0 aliphatic rings. The van der Waals surface area contributed by atoms with Crippen LogP contribution in [0.15, 0.2) is 60.8 Å². The van der Waals surface area contributed by atoms with Crippen molar-refractivity contribution in [1.29, 1.82) is 0 Å². The van der Waals surface area contributed by atoms with Crippen LogP contribution in [0.25, 0.3) is 0 Å². The van der Waals surface area contributed by atoms with Crippen LogP contribution in [-0.2, 0) is 18.4 Å². The van der Waals surface area contributed by atoms with E-state index in [0.717, 1.165) is 70.6 Å². The molecule has 0 spiro atoms. The largest absolute Gasteiger partial charge is 0.472 e. The molecule has 3 N–H and O–H groups in total. The van der Waals surface area contributed by atoms with E-state index in [1.54, 1.807) is 0 Å². The molecule has 0 aromatic rings. The van der Waals surface area contributed by atoms with E-state index in [1.807, 2.05) is 21.1 Å². The fraction of sp³-hybridized carbons (Fsp3) is 0.833. The van der Waals surface area contributed by atoms with Crippen molar-refractivity contribution >= 4 is 13.7 Å². The number of hydrogen-bond acceptors (Lipinski definition) is 5. The summed E-state index contributed by atoms with van der Waals surface area (Å²) in [5.74, 6) is -0.141. The average molecular weight is 1070 g/mol. The first kappa shape index (κ1) is 73.2. The van der Waals surface area contributed by atoms with Gasteiger partial charge in [0, 0.05) is 6.42 Å². The lowest BCUT2D eigenvalue weighted by molar-refractivity contribution is -0.870. The maximum absolute atomic E-state index is 13.0. The van der Waals surface area contributed by atoms with Crippen LogP contribution in [-0.4, -0.2) is 73.4 Å². The normalized spacial score (nSPS) is 14.2. The molecule has 440 valence electrons. The Hall–Kier alpha value is -1.80. The van der Waals surface area contributed by atoms with E-state index < -0.39 is 20.0 Å². The lowest BCUT2D eigenvalue weighted by Crippen LogP contribution is -2.46. The van der Waals surface area contributed by atoms with Gasteiger partial charge in [0.25, 0.3) is 0 Å². The van der Waals surface area contributed by atoms with Gasteiger partial charge in [0.05, 0.1) is 39.9 Å². The quantitative estimate of drug-likeness (QED) is 0.0243. The predicted octanol–water partition coefficient (Wildman–Crippen LogP) is 20.0. The van der Waals surface area contributed by atoms with Crippen molar-refractivity contribution in [2.24, 2.45) is 0 Å². The van der Waals surface area contributed by atoms with Crippen molar-refractivity contribution in [3.8, 4) is 0 Å². The summed E-state index contributed by atoms with van der Waals surface area (Å²) in [4.78, 5) is 23.4. The Labute approximate surface area is 466 Å². The number of carbonyl (C=O) groups is 1. The van der Waals surface area contributed by atoms with Gasteiger partial charge in [-0.25, -0.2) is 4.57 Å². The Morgan fingerprint density at radius 1 is 0.467 bits per heavy atom. The summed E-state index contributed by atoms with van der Waals surface area (Å²) in [5, 5.41) is 14.1. The molecule has 0 aliphatic carbocycles. The van der Waals surface area contributed by atoms with E-state index in [2.05, 4.69) is 79.9 Å². The maximum atomic E-state index is 13.0. The van der Waals surface area contributed by atoms with Gasteiger partial charge in [-0.05, 0) is 57.8 Å². The van der Waals surface area contributed by atoms with E-state index >= 15 is 0 Å². The third-order valence-electron chi connectivity index (χ3n) is 14.5. The van der Waals surface area contributed by atoms with Gasteiger partial charge in [-0.1, -0.05) is 299 Å². The molecule has 0 aliphatic heterocycles. The van der Waals surface area contributed by atoms with Crippen LogP contribution < -0.4 is 5.32 Å². The van der Waals surface area contributed by atoms with Crippen molar-refractivity contribution in [3.63, 3.8) is 0 Å². The number of hydrogen-bond donors (Lipinski definition) is 3. The number of phosphoric acid groups is 1. The summed E-state index contributed by atoms with van der Waals surface area (Å²) in [6.07, 6.45) is 77.2. The third-order valence-corrected chi connectivity index (χ3v) is 15.5. The zero-order valence-corrected chi connectivity index (χ0v) is 51.2. The molecule has 0 heterocycles. The number of aliphatic hydroxyl groups excluding tert-OH is 1. The van der Waals surface area contributed by atoms with Gasteiger partial charge in [-0.3, -0.25) is 13.8 Å². The number of unbranched alkanes of at least 4 members (excludes halogenated alkanes) is 36. The molecule has 0 rings (SSSR count). The first-order chi connectivity index (χ1) is 36.5. The number of aliphatic hydroxyl groups is 1. The number of nitrogens with one attached hydrogen (secondary N) is 1. The standard InChI is InChI=1S/C66H125N2O6P/c1-6-8-10-12-14-16-18-20-22-24-26-28-29-30-31-32-33-34-35-36-37-38-39-40-42-44-46-48-50-52-54-56-58-60-66(70)67-64(63-74-75(71,72)73-62-61-68(3,4)5)65(69)59-57-55-53-51-49-47-45-43-41-27-25-23-21-19-17-15-13-11-9-7-2/h8,10,14,16,20,22,26,28,30-31,64-65,69H,6-7,9,11-13,15,17-19,21,23-25,27,29,32-63H2,1-5H3,(H-,67,70,71,72)/p+1/b10-8-,16-14-,22-20-,28-26-,31-30-. The van der Waals surface area contributed by atoms with Gasteiger partial charge in [0.1, 0.15) is 13.2 Å². The van der Waals surface area contributed by atoms with Crippen LogP contribution >= 0.6 is 7.82 Å². The molecule has 0 radical (unpaired) electrons. The van der Waals surface area contributed by atoms with E-state index in [9.17, 15) is 19.4 Å². The summed E-state index contributed by atoms with van der Waals surface area (Å²) in [6, 6.07) is -0.762. The molecule has 0 saturated carbocycles. The Kier molecular flexibility index (Phi) is 55.5. The number of rotatable bonds is 59. The lowest BCUT2D eigenvalue weighted by atomic mass is 10.0. The smallest absolute Gasteiger partial charge is 0.391 e. The minimum atomic E-state index is -4.33. The Bertz CT molecular complexity index is 1400. The number of likely N-dealkylation sites (N-methyl/N-ethyl adjacent to an activating group) is 1. The summed E-state index contributed by atoms with van der Waals surface area (Å²) in [5.41, 5.74) is 0. The van der Waals surface area contributed by atoms with Crippen molar-refractivity contribution < 1.29 is 32.9 Å². The first-order valence-electron chi connectivity index (χ1n) is 32.2. The molecule has 3 atom stereocenters. The molecule has 1 amide bonds. The molecule has 75 heavy (non-hydrogen) atoms. The molecule has 8 nitrogen and oxygen atoms in total. The second-order valence-electron chi connectivity index (χ2n) is 23.1. The molecule has 0 fully saturated rings. The summed E-state index contributed by atoms with van der Waals surface area (Å²) in [7, 11) is 1.62. The number of quaternary nitrogens is 1. The zero-order valence-electron chi connectivity index (χ0n) is 50.3. The van der Waals surface area contributed by atoms with Gasteiger partial charge >= 0.3 is 7.82 Å². The molecular formula is C66H126N2O6P+. The SMILES string of the molecule is CC/C=C\C/C=C\C/C=C\C/C=C\C/C=C\CCCCCCCCCCCCCCCCCCCC(=O)NC(COP(=O)(O)OCC[N+](C)(C)C)C(O)CCCCCCCCCCCCCCCCCCCCCC. The Balaban J connectivity index is 4.04. The maximum Gasteiger partial charge on any atom is 0.472 e. The summed E-state index contributed by atoms with van der Waals surface area (Å²) in [6.45, 7) is 4.81. The second kappa shape index (κ2) is 56.9. The zero-order chi connectivity index (χ0) is 54.9. The molecule has 0 saturated heterocycles. The number of amides is 1. The summed E-state index contributed by atoms with van der Waals surface area (Å²) >= 11 is 0. The van der Waals surface area contributed by atoms with E-state index in [0.29, 0.717) is 23.9 Å². The highest BCUT2D eigenvalue weighted by Crippen LogP contribution is 2.43. The van der Waals surface area contributed by atoms with Crippen LogP contribution in [0.2, 0.25) is 0 Å². The number of phosphoric ester groups is 1. The molecule has 3 unspecified atom stereocenters. The van der Waals surface area contributed by atoms with Crippen LogP contribution in [0.1, 0.15) is 303 Å². The van der Waals surface area contributed by atoms with Gasteiger partial charge in [-0.15, -0.1) is 0 Å². The van der Waals surface area contributed by atoms with Gasteiger partial charge in [-0.2, -0.15) is 0 Å². The van der Waals surface area contributed by atoms with Crippen molar-refractivity contribution in [1.82, 2.24) is 5.32 Å². The minimum Gasteiger partial charge on any atom is -0.391 e. The minimum absolute atomic E-state index is 0.0749. The number of carbonyl (C=O) groups excluding carboxylic acids is 1. The van der Waals surface area contributed by atoms with E-state index in [4.69, 9.17) is 9.05 Å². The molecule has 0 aromatic heterocycles. The molecular weight excluding hydrogens is 948 g/mol. The van der Waals surface area contributed by atoms with E-state index in [1.165, 1.54) is 205 Å². The average Bonchev–Trinajstić information content (AvgIpc) is 3.37. The van der Waals surface area contributed by atoms with Crippen molar-refractivity contribution in [2.45, 2.75) is 315 Å². The fourth-order valence-corrected chi connectivity index (χ4v) is 10.3. The fourth-order valence-electron chi connectivity index (χ4n) is 9.55. The van der Waals surface area contributed by atoms with Crippen LogP contribution in [0.4, 0.5) is 0 Å². The van der Waals surface area contributed by atoms with Crippen LogP contribution in [0, 0.1) is 0 Å². The van der Waals surface area contributed by atoms with Gasteiger partial charge in [0.15, 0.2) is 0 Å². The Morgan fingerprint density at radius 2 is 0.800 bits per heavy atom. The molecule has 0 aromatic carbocycles. The van der Waals surface area contributed by atoms with Crippen molar-refractivity contribution in [2.75, 3.05) is 40.9 Å². The lowest BCUT2D eigenvalue weighted by Gasteiger charge is -2.26. The topological polar surface area (TPSA) is 105 Å². The molecule has 0 bridgehead atoms. The van der Waals surface area contributed by atoms with E-state index in [-0.39, 0.29) is 19.1 Å². The monoisotopic (exact) mass is 1070 g/mol. The summed E-state index contributed by atoms with van der Waals surface area (Å²) < 4.78 is 23.8. The van der Waals surface area contributed by atoms with Crippen LogP contribution in [0.5, 0.6) is 0 Å². The second-order valence-corrected chi connectivity index (χ2v) is 24.6. The molecule has 9 heteroatoms. The van der Waals surface area contributed by atoms with Gasteiger partial charge in [0.2, 0.25) is 5.91 Å². The van der Waals surface area contributed by atoms with Crippen molar-refractivity contribution in [3.05, 3.63) is 60.8 Å². The van der Waals surface area contributed by atoms with Gasteiger partial charge < -0.3 is 19.8 Å². The highest BCUT2D eigenvalue weighted by atomic mass is 31.2. The highest BCUT2D eigenvalue weighted by Gasteiger charge is 2.28.